The molecule has 2 heterocycles. The van der Waals surface area contributed by atoms with Gasteiger partial charge in [-0.25, -0.2) is 0 Å². The Morgan fingerprint density at radius 2 is 2.11 bits per heavy atom. The van der Waals surface area contributed by atoms with Gasteiger partial charge in [-0.2, -0.15) is 0 Å². The monoisotopic (exact) mass is 323 g/mol. The van der Waals surface area contributed by atoms with Gasteiger partial charge in [0.05, 0.1) is 6.10 Å². The lowest BCUT2D eigenvalue weighted by Crippen LogP contribution is -2.42. The Hall–Kier alpha value is -0.840. The third-order valence-corrected chi connectivity index (χ3v) is 4.07. The highest BCUT2D eigenvalue weighted by atomic mass is 79.9. The molecule has 1 aliphatic rings. The molecule has 1 N–H and O–H groups in total. The maximum absolute atomic E-state index is 6.13. The predicted molar refractivity (Wildman–Crippen MR) is 79.2 cm³/mol. The number of furan rings is 1. The van der Waals surface area contributed by atoms with Crippen LogP contribution in [0.2, 0.25) is 0 Å². The van der Waals surface area contributed by atoms with Crippen LogP contribution in [0.25, 0.3) is 11.0 Å². The lowest BCUT2D eigenvalue weighted by Gasteiger charge is -2.32. The second kappa shape index (κ2) is 5.27. The summed E-state index contributed by atoms with van der Waals surface area (Å²) in [6.45, 7) is 6.10. The second-order valence-electron chi connectivity index (χ2n) is 5.40. The number of hydrogen-bond donors (Lipinski definition) is 1. The molecule has 102 valence electrons. The Labute approximate surface area is 121 Å². The summed E-state index contributed by atoms with van der Waals surface area (Å²) in [5.74, 6) is 1.42. The molecule has 19 heavy (non-hydrogen) atoms. The predicted octanol–water partition coefficient (Wildman–Crippen LogP) is 3.88. The Balaban J connectivity index is 1.87. The van der Waals surface area contributed by atoms with Crippen molar-refractivity contribution >= 4 is 26.9 Å². The zero-order valence-corrected chi connectivity index (χ0v) is 12.7. The number of ether oxygens (including phenoxy) is 1. The molecule has 1 aromatic carbocycles. The molecule has 0 aliphatic carbocycles. The van der Waals surface area contributed by atoms with Crippen LogP contribution in [0.3, 0.4) is 0 Å². The summed E-state index contributed by atoms with van der Waals surface area (Å²) in [6, 6.07) is 8.12. The van der Waals surface area contributed by atoms with E-state index < -0.39 is 0 Å². The molecular formula is C15H18BrNO2. The van der Waals surface area contributed by atoms with Gasteiger partial charge < -0.3 is 14.5 Å². The zero-order chi connectivity index (χ0) is 13.4. The van der Waals surface area contributed by atoms with Gasteiger partial charge in [0.2, 0.25) is 0 Å². The number of nitrogens with one attached hydrogen (secondary N) is 1. The fourth-order valence-corrected chi connectivity index (χ4v) is 2.80. The van der Waals surface area contributed by atoms with Gasteiger partial charge in [-0.15, -0.1) is 0 Å². The van der Waals surface area contributed by atoms with Crippen LogP contribution < -0.4 is 5.32 Å². The molecule has 0 bridgehead atoms. The normalized spacial score (nSPS) is 24.2. The summed E-state index contributed by atoms with van der Waals surface area (Å²) in [4.78, 5) is 0. The van der Waals surface area contributed by atoms with Gasteiger partial charge in [0.15, 0.2) is 0 Å². The number of benzene rings is 1. The average molecular weight is 324 g/mol. The maximum Gasteiger partial charge on any atom is 0.135 e. The third kappa shape index (κ3) is 2.71. The van der Waals surface area contributed by atoms with Crippen molar-refractivity contribution in [2.75, 3.05) is 13.1 Å². The van der Waals surface area contributed by atoms with Crippen molar-refractivity contribution in [1.29, 1.82) is 0 Å². The molecular weight excluding hydrogens is 306 g/mol. The molecule has 0 saturated carbocycles. The molecule has 0 amide bonds. The summed E-state index contributed by atoms with van der Waals surface area (Å²) >= 11 is 3.48. The number of fused-ring (bicyclic) bond motifs is 1. The average Bonchev–Trinajstić information content (AvgIpc) is 2.81. The van der Waals surface area contributed by atoms with Crippen molar-refractivity contribution in [3.63, 3.8) is 0 Å². The molecule has 0 spiro atoms. The molecule has 2 aromatic rings. The van der Waals surface area contributed by atoms with Gasteiger partial charge in [0.25, 0.3) is 0 Å². The molecule has 0 radical (unpaired) electrons. The Morgan fingerprint density at radius 1 is 1.26 bits per heavy atom. The molecule has 3 nitrogen and oxygen atoms in total. The minimum atomic E-state index is 0.00678. The van der Waals surface area contributed by atoms with E-state index in [0.29, 0.717) is 5.92 Å². The SMILES string of the molecule is CC(C)C1CNCC(c2cc3cc(Br)ccc3o2)O1. The summed E-state index contributed by atoms with van der Waals surface area (Å²) in [5.41, 5.74) is 0.911. The molecule has 4 heteroatoms. The Bertz CT molecular complexity index is 579. The molecule has 1 aromatic heterocycles. The van der Waals surface area contributed by atoms with Gasteiger partial charge in [0.1, 0.15) is 17.4 Å². The van der Waals surface area contributed by atoms with Gasteiger partial charge in [-0.3, -0.25) is 0 Å². The molecule has 2 atom stereocenters. The quantitative estimate of drug-likeness (QED) is 0.910. The van der Waals surface area contributed by atoms with Gasteiger partial charge in [-0.1, -0.05) is 29.8 Å². The van der Waals surface area contributed by atoms with Crippen molar-refractivity contribution in [2.45, 2.75) is 26.1 Å². The number of halogens is 1. The fraction of sp³-hybridized carbons (Fsp3) is 0.467. The first-order chi connectivity index (χ1) is 9.13. The summed E-state index contributed by atoms with van der Waals surface area (Å²) in [6.07, 6.45) is 0.256. The maximum atomic E-state index is 6.13. The van der Waals surface area contributed by atoms with Crippen molar-refractivity contribution in [2.24, 2.45) is 5.92 Å². The first-order valence-corrected chi connectivity index (χ1v) is 7.48. The Kier molecular flexibility index (Phi) is 3.65. The molecule has 1 fully saturated rings. The van der Waals surface area contributed by atoms with E-state index in [-0.39, 0.29) is 12.2 Å². The third-order valence-electron chi connectivity index (χ3n) is 3.57. The van der Waals surface area contributed by atoms with E-state index in [9.17, 15) is 0 Å². The van der Waals surface area contributed by atoms with Crippen LogP contribution in [0.15, 0.2) is 33.2 Å². The van der Waals surface area contributed by atoms with Crippen LogP contribution >= 0.6 is 15.9 Å². The number of rotatable bonds is 2. The van der Waals surface area contributed by atoms with Crippen molar-refractivity contribution in [3.05, 3.63) is 34.5 Å². The van der Waals surface area contributed by atoms with Gasteiger partial charge in [0, 0.05) is 22.9 Å². The molecule has 1 aliphatic heterocycles. The largest absolute Gasteiger partial charge is 0.458 e. The smallest absolute Gasteiger partial charge is 0.135 e. The van der Waals surface area contributed by atoms with E-state index in [1.165, 1.54) is 0 Å². The summed E-state index contributed by atoms with van der Waals surface area (Å²) in [5, 5.41) is 4.54. The molecule has 2 unspecified atom stereocenters. The molecule has 1 saturated heterocycles. The van der Waals surface area contributed by atoms with Crippen molar-refractivity contribution in [1.82, 2.24) is 5.32 Å². The lowest BCUT2D eigenvalue weighted by atomic mass is 10.0. The van der Waals surface area contributed by atoms with Gasteiger partial charge in [-0.05, 0) is 30.2 Å². The fourth-order valence-electron chi connectivity index (χ4n) is 2.42. The lowest BCUT2D eigenvalue weighted by molar-refractivity contribution is -0.0682. The minimum absolute atomic E-state index is 0.00678. The standard InChI is InChI=1S/C15H18BrNO2/c1-9(2)14-7-17-8-15(19-14)13-6-10-5-11(16)3-4-12(10)18-13/h3-6,9,14-15,17H,7-8H2,1-2H3. The minimum Gasteiger partial charge on any atom is -0.458 e. The highest BCUT2D eigenvalue weighted by molar-refractivity contribution is 9.10. The Morgan fingerprint density at radius 3 is 2.89 bits per heavy atom. The zero-order valence-electron chi connectivity index (χ0n) is 11.2. The van der Waals surface area contributed by atoms with E-state index in [1.54, 1.807) is 0 Å². The summed E-state index contributed by atoms with van der Waals surface area (Å²) < 4.78 is 13.1. The second-order valence-corrected chi connectivity index (χ2v) is 6.31. The van der Waals surface area contributed by atoms with E-state index in [4.69, 9.17) is 9.15 Å². The highest BCUT2D eigenvalue weighted by Gasteiger charge is 2.27. The first kappa shape index (κ1) is 13.2. The number of morpholine rings is 1. The molecule has 3 rings (SSSR count). The van der Waals surface area contributed by atoms with E-state index >= 15 is 0 Å². The van der Waals surface area contributed by atoms with Crippen molar-refractivity contribution < 1.29 is 9.15 Å². The number of hydrogen-bond acceptors (Lipinski definition) is 3. The van der Waals surface area contributed by atoms with E-state index in [2.05, 4.69) is 47.2 Å². The summed E-state index contributed by atoms with van der Waals surface area (Å²) in [7, 11) is 0. The first-order valence-electron chi connectivity index (χ1n) is 6.68. The van der Waals surface area contributed by atoms with Crippen LogP contribution in [0, 0.1) is 5.92 Å². The highest BCUT2D eigenvalue weighted by Crippen LogP contribution is 2.30. The van der Waals surface area contributed by atoms with E-state index in [1.807, 2.05) is 12.1 Å². The van der Waals surface area contributed by atoms with Gasteiger partial charge >= 0.3 is 0 Å². The van der Waals surface area contributed by atoms with E-state index in [0.717, 1.165) is 34.3 Å². The van der Waals surface area contributed by atoms with Crippen LogP contribution in [-0.2, 0) is 4.74 Å². The van der Waals surface area contributed by atoms with Crippen LogP contribution in [0.5, 0.6) is 0 Å². The van der Waals surface area contributed by atoms with Crippen LogP contribution in [0.1, 0.15) is 25.7 Å². The van der Waals surface area contributed by atoms with Crippen LogP contribution in [0.4, 0.5) is 0 Å². The van der Waals surface area contributed by atoms with Crippen molar-refractivity contribution in [3.8, 4) is 0 Å². The van der Waals surface area contributed by atoms with Crippen LogP contribution in [-0.4, -0.2) is 19.2 Å². The topological polar surface area (TPSA) is 34.4 Å².